The van der Waals surface area contributed by atoms with Gasteiger partial charge in [0.05, 0.1) is 11.2 Å². The zero-order chi connectivity index (χ0) is 13.9. The van der Waals surface area contributed by atoms with Crippen LogP contribution in [-0.2, 0) is 4.79 Å². The van der Waals surface area contributed by atoms with Gasteiger partial charge in [0.15, 0.2) is 0 Å². The molecule has 1 fully saturated rings. The van der Waals surface area contributed by atoms with Gasteiger partial charge in [-0.3, -0.25) is 9.78 Å². The van der Waals surface area contributed by atoms with Crippen LogP contribution in [0.1, 0.15) is 32.1 Å². The predicted octanol–water partition coefficient (Wildman–Crippen LogP) is 4.52. The number of carbonyl (C=O) groups excluding carboxylic acids is 1. The first-order valence-corrected chi connectivity index (χ1v) is 7.88. The van der Waals surface area contributed by atoms with Gasteiger partial charge < -0.3 is 5.32 Å². The highest BCUT2D eigenvalue weighted by atomic mass is 79.9. The second kappa shape index (κ2) is 5.92. The van der Waals surface area contributed by atoms with Crippen LogP contribution in [0.25, 0.3) is 10.9 Å². The van der Waals surface area contributed by atoms with Gasteiger partial charge in [-0.1, -0.05) is 41.3 Å². The SMILES string of the molecule is O=C(Nc1cc(Br)cc2cccnc12)C1CCCCC1. The zero-order valence-electron chi connectivity index (χ0n) is 11.2. The van der Waals surface area contributed by atoms with E-state index in [4.69, 9.17) is 0 Å². The topological polar surface area (TPSA) is 42.0 Å². The summed E-state index contributed by atoms with van der Waals surface area (Å²) >= 11 is 3.49. The fourth-order valence-electron chi connectivity index (χ4n) is 2.85. The number of nitrogens with one attached hydrogen (secondary N) is 1. The van der Waals surface area contributed by atoms with Crippen molar-refractivity contribution in [2.45, 2.75) is 32.1 Å². The Labute approximate surface area is 126 Å². The Bertz CT molecular complexity index is 635. The molecule has 1 aliphatic rings. The highest BCUT2D eigenvalue weighted by Crippen LogP contribution is 2.29. The van der Waals surface area contributed by atoms with Crippen LogP contribution in [0, 0.1) is 5.92 Å². The number of benzene rings is 1. The Morgan fingerprint density at radius 1 is 1.25 bits per heavy atom. The third kappa shape index (κ3) is 2.85. The van der Waals surface area contributed by atoms with Crippen molar-refractivity contribution in [3.05, 3.63) is 34.9 Å². The van der Waals surface area contributed by atoms with Crippen molar-refractivity contribution >= 4 is 38.4 Å². The standard InChI is InChI=1S/C16H17BrN2O/c17-13-9-12-7-4-8-18-15(12)14(10-13)19-16(20)11-5-2-1-3-6-11/h4,7-11H,1-3,5-6H2,(H,19,20). The van der Waals surface area contributed by atoms with E-state index in [2.05, 4.69) is 26.2 Å². The van der Waals surface area contributed by atoms with E-state index in [1.54, 1.807) is 6.20 Å². The molecule has 0 saturated heterocycles. The second-order valence-electron chi connectivity index (χ2n) is 5.35. The molecule has 1 saturated carbocycles. The summed E-state index contributed by atoms with van der Waals surface area (Å²) in [6, 6.07) is 7.85. The molecule has 0 atom stereocenters. The minimum absolute atomic E-state index is 0.134. The van der Waals surface area contributed by atoms with Gasteiger partial charge in [-0.15, -0.1) is 0 Å². The summed E-state index contributed by atoms with van der Waals surface area (Å²) in [5.41, 5.74) is 1.64. The van der Waals surface area contributed by atoms with Crippen molar-refractivity contribution < 1.29 is 4.79 Å². The van der Waals surface area contributed by atoms with Gasteiger partial charge in [-0.2, -0.15) is 0 Å². The van der Waals surface area contributed by atoms with Gasteiger partial charge in [0.2, 0.25) is 5.91 Å². The highest BCUT2D eigenvalue weighted by molar-refractivity contribution is 9.10. The van der Waals surface area contributed by atoms with Crippen molar-refractivity contribution in [2.75, 3.05) is 5.32 Å². The second-order valence-corrected chi connectivity index (χ2v) is 6.27. The fourth-order valence-corrected chi connectivity index (χ4v) is 3.33. The van der Waals surface area contributed by atoms with Crippen molar-refractivity contribution in [2.24, 2.45) is 5.92 Å². The molecule has 20 heavy (non-hydrogen) atoms. The molecular formula is C16H17BrN2O. The minimum Gasteiger partial charge on any atom is -0.324 e. The number of pyridine rings is 1. The number of hydrogen-bond acceptors (Lipinski definition) is 2. The molecule has 1 N–H and O–H groups in total. The van der Waals surface area contributed by atoms with Crippen molar-refractivity contribution in [1.82, 2.24) is 4.98 Å². The summed E-state index contributed by atoms with van der Waals surface area (Å²) in [5.74, 6) is 0.288. The predicted molar refractivity (Wildman–Crippen MR) is 84.6 cm³/mol. The minimum atomic E-state index is 0.134. The number of amides is 1. The van der Waals surface area contributed by atoms with Gasteiger partial charge in [-0.05, 0) is 31.0 Å². The lowest BCUT2D eigenvalue weighted by Gasteiger charge is -2.21. The van der Waals surface area contributed by atoms with Gasteiger partial charge in [0, 0.05) is 22.0 Å². The molecular weight excluding hydrogens is 316 g/mol. The molecule has 3 rings (SSSR count). The van der Waals surface area contributed by atoms with Crippen LogP contribution in [0.3, 0.4) is 0 Å². The van der Waals surface area contributed by atoms with E-state index in [1.807, 2.05) is 24.3 Å². The van der Waals surface area contributed by atoms with Gasteiger partial charge >= 0.3 is 0 Å². The maximum absolute atomic E-state index is 12.4. The number of halogens is 1. The first-order chi connectivity index (χ1) is 9.74. The summed E-state index contributed by atoms with van der Waals surface area (Å²) in [6.07, 6.45) is 7.35. The van der Waals surface area contributed by atoms with Gasteiger partial charge in [0.1, 0.15) is 0 Å². The summed E-state index contributed by atoms with van der Waals surface area (Å²) in [6.45, 7) is 0. The lowest BCUT2D eigenvalue weighted by molar-refractivity contribution is -0.120. The zero-order valence-corrected chi connectivity index (χ0v) is 12.8. The molecule has 0 spiro atoms. The number of aromatic nitrogens is 1. The van der Waals surface area contributed by atoms with E-state index in [0.717, 1.165) is 46.7 Å². The molecule has 104 valence electrons. The van der Waals surface area contributed by atoms with Crippen LogP contribution in [0.15, 0.2) is 34.9 Å². The number of rotatable bonds is 2. The summed E-state index contributed by atoms with van der Waals surface area (Å²) in [5, 5.41) is 4.09. The molecule has 0 aliphatic heterocycles. The maximum atomic E-state index is 12.4. The number of carbonyl (C=O) groups is 1. The summed E-state index contributed by atoms with van der Waals surface area (Å²) < 4.78 is 0.956. The van der Waals surface area contributed by atoms with E-state index < -0.39 is 0 Å². The largest absolute Gasteiger partial charge is 0.324 e. The molecule has 4 heteroatoms. The van der Waals surface area contributed by atoms with Crippen molar-refractivity contribution in [3.63, 3.8) is 0 Å². The first kappa shape index (κ1) is 13.6. The summed E-state index contributed by atoms with van der Waals surface area (Å²) in [7, 11) is 0. The Kier molecular flexibility index (Phi) is 4.01. The van der Waals surface area contributed by atoms with E-state index in [1.165, 1.54) is 6.42 Å². The molecule has 1 aliphatic carbocycles. The molecule has 1 aromatic heterocycles. The average Bonchev–Trinajstić information content (AvgIpc) is 2.48. The van der Waals surface area contributed by atoms with Crippen LogP contribution in [0.2, 0.25) is 0 Å². The quantitative estimate of drug-likeness (QED) is 0.878. The fraction of sp³-hybridized carbons (Fsp3) is 0.375. The Morgan fingerprint density at radius 2 is 2.05 bits per heavy atom. The maximum Gasteiger partial charge on any atom is 0.227 e. The monoisotopic (exact) mass is 332 g/mol. The molecule has 2 aromatic rings. The van der Waals surface area contributed by atoms with Gasteiger partial charge in [0.25, 0.3) is 0 Å². The van der Waals surface area contributed by atoms with Crippen LogP contribution >= 0.6 is 15.9 Å². The van der Waals surface area contributed by atoms with E-state index in [0.29, 0.717) is 0 Å². The smallest absolute Gasteiger partial charge is 0.227 e. The number of anilines is 1. The third-order valence-electron chi connectivity index (χ3n) is 3.90. The Morgan fingerprint density at radius 3 is 2.85 bits per heavy atom. The normalized spacial score (nSPS) is 16.2. The summed E-state index contributed by atoms with van der Waals surface area (Å²) in [4.78, 5) is 16.8. The first-order valence-electron chi connectivity index (χ1n) is 7.09. The lowest BCUT2D eigenvalue weighted by Crippen LogP contribution is -2.24. The van der Waals surface area contributed by atoms with E-state index >= 15 is 0 Å². The lowest BCUT2D eigenvalue weighted by atomic mass is 9.88. The van der Waals surface area contributed by atoms with Crippen LogP contribution < -0.4 is 5.32 Å². The molecule has 1 heterocycles. The third-order valence-corrected chi connectivity index (χ3v) is 4.36. The van der Waals surface area contributed by atoms with Crippen LogP contribution in [-0.4, -0.2) is 10.9 Å². The number of nitrogens with zero attached hydrogens (tertiary/aromatic N) is 1. The molecule has 1 aromatic carbocycles. The Hall–Kier alpha value is -1.42. The van der Waals surface area contributed by atoms with Crippen LogP contribution in [0.4, 0.5) is 5.69 Å². The van der Waals surface area contributed by atoms with Crippen LogP contribution in [0.5, 0.6) is 0 Å². The van der Waals surface area contributed by atoms with Crippen molar-refractivity contribution in [1.29, 1.82) is 0 Å². The number of fused-ring (bicyclic) bond motifs is 1. The molecule has 1 amide bonds. The molecule has 3 nitrogen and oxygen atoms in total. The average molecular weight is 333 g/mol. The van der Waals surface area contributed by atoms with E-state index in [-0.39, 0.29) is 11.8 Å². The number of hydrogen-bond donors (Lipinski definition) is 1. The van der Waals surface area contributed by atoms with Gasteiger partial charge in [-0.25, -0.2) is 0 Å². The Balaban J connectivity index is 1.88. The molecule has 0 bridgehead atoms. The van der Waals surface area contributed by atoms with Crippen molar-refractivity contribution in [3.8, 4) is 0 Å². The van der Waals surface area contributed by atoms with E-state index in [9.17, 15) is 4.79 Å². The highest BCUT2D eigenvalue weighted by Gasteiger charge is 2.21. The molecule has 0 unspecified atom stereocenters. The molecule has 0 radical (unpaired) electrons.